The molecule has 1 heterocycles. The van der Waals surface area contributed by atoms with E-state index in [4.69, 9.17) is 23.1 Å². The maximum absolute atomic E-state index is 12.7. The first-order valence-electron chi connectivity index (χ1n) is 9.63. The van der Waals surface area contributed by atoms with E-state index in [0.29, 0.717) is 23.7 Å². The lowest BCUT2D eigenvalue weighted by atomic mass is 9.74. The predicted molar refractivity (Wildman–Crippen MR) is 115 cm³/mol. The molecule has 2 rings (SSSR count). The Morgan fingerprint density at radius 2 is 1.89 bits per heavy atom. The van der Waals surface area contributed by atoms with Crippen molar-refractivity contribution < 1.29 is 4.79 Å². The fraction of sp³-hybridized carbons (Fsp3) is 0.500. The van der Waals surface area contributed by atoms with Gasteiger partial charge < -0.3 is 16.8 Å². The minimum absolute atomic E-state index is 0.00477. The first kappa shape index (κ1) is 21.4. The smallest absolute Gasteiger partial charge is 0.224 e. The van der Waals surface area contributed by atoms with Crippen molar-refractivity contribution in [1.82, 2.24) is 0 Å². The first-order chi connectivity index (χ1) is 12.6. The Bertz CT molecular complexity index is 748. The van der Waals surface area contributed by atoms with E-state index in [1.54, 1.807) is 0 Å². The van der Waals surface area contributed by atoms with Crippen molar-refractivity contribution in [2.45, 2.75) is 53.4 Å². The zero-order valence-electron chi connectivity index (χ0n) is 16.8. The summed E-state index contributed by atoms with van der Waals surface area (Å²) < 4.78 is 0. The van der Waals surface area contributed by atoms with Gasteiger partial charge in [-0.3, -0.25) is 4.79 Å². The number of hydrogen-bond acceptors (Lipinski definition) is 3. The average Bonchev–Trinajstić information content (AvgIpc) is 2.58. The monoisotopic (exact) mass is 389 g/mol. The van der Waals surface area contributed by atoms with Crippen LogP contribution in [0, 0.1) is 17.3 Å². The summed E-state index contributed by atoms with van der Waals surface area (Å²) in [6.45, 7) is 8.68. The molecule has 1 unspecified atom stereocenters. The summed E-state index contributed by atoms with van der Waals surface area (Å²) in [5.41, 5.74) is 15.1. The molecule has 4 nitrogen and oxygen atoms in total. The molecule has 27 heavy (non-hydrogen) atoms. The minimum atomic E-state index is -0.0854. The van der Waals surface area contributed by atoms with E-state index in [2.05, 4.69) is 33.0 Å². The van der Waals surface area contributed by atoms with Crippen molar-refractivity contribution in [3.05, 3.63) is 46.6 Å². The molecule has 0 fully saturated rings. The number of halogens is 1. The second-order valence-corrected chi connectivity index (χ2v) is 8.80. The summed E-state index contributed by atoms with van der Waals surface area (Å²) >= 11 is 6.18. The lowest BCUT2D eigenvalue weighted by Crippen LogP contribution is -2.28. The van der Waals surface area contributed by atoms with E-state index in [-0.39, 0.29) is 22.4 Å². The van der Waals surface area contributed by atoms with Gasteiger partial charge in [-0.15, -0.1) is 0 Å². The molecule has 0 bridgehead atoms. The summed E-state index contributed by atoms with van der Waals surface area (Å²) in [7, 11) is 0. The number of carbonyl (C=O) groups excluding carboxylic acids is 1. The van der Waals surface area contributed by atoms with Gasteiger partial charge in [0, 0.05) is 17.7 Å². The molecule has 1 aliphatic heterocycles. The van der Waals surface area contributed by atoms with Crippen molar-refractivity contribution in [2.24, 2.45) is 28.7 Å². The van der Waals surface area contributed by atoms with Crippen LogP contribution in [0.5, 0.6) is 0 Å². The summed E-state index contributed by atoms with van der Waals surface area (Å²) in [6, 6.07) is 7.55. The number of nitrogens with one attached hydrogen (secondary N) is 1. The van der Waals surface area contributed by atoms with Gasteiger partial charge in [0.25, 0.3) is 0 Å². The van der Waals surface area contributed by atoms with Crippen LogP contribution in [0.4, 0.5) is 5.69 Å². The van der Waals surface area contributed by atoms with Crippen LogP contribution in [-0.2, 0) is 4.79 Å². The van der Waals surface area contributed by atoms with Crippen LogP contribution in [0.3, 0.4) is 0 Å². The summed E-state index contributed by atoms with van der Waals surface area (Å²) in [6.07, 6.45) is 5.39. The molecule has 5 N–H and O–H groups in total. The summed E-state index contributed by atoms with van der Waals surface area (Å²) in [4.78, 5) is 12.7. The predicted octanol–water partition coefficient (Wildman–Crippen LogP) is 5.21. The van der Waals surface area contributed by atoms with Crippen molar-refractivity contribution >= 4 is 28.9 Å². The van der Waals surface area contributed by atoms with Gasteiger partial charge in [-0.05, 0) is 41.4 Å². The average molecular weight is 390 g/mol. The maximum atomic E-state index is 12.7. The van der Waals surface area contributed by atoms with Crippen LogP contribution in [0.25, 0.3) is 5.70 Å². The molecule has 1 aliphatic rings. The molecule has 1 aromatic rings. The van der Waals surface area contributed by atoms with Crippen molar-refractivity contribution in [1.29, 1.82) is 0 Å². The normalized spacial score (nSPS) is 28.2. The third kappa shape index (κ3) is 5.52. The molecule has 0 saturated heterocycles. The number of anilines is 1. The molecule has 5 heteroatoms. The van der Waals surface area contributed by atoms with E-state index in [9.17, 15) is 4.79 Å². The van der Waals surface area contributed by atoms with Crippen LogP contribution in [0.2, 0.25) is 0 Å². The van der Waals surface area contributed by atoms with E-state index < -0.39 is 0 Å². The third-order valence-corrected chi connectivity index (χ3v) is 6.07. The maximum Gasteiger partial charge on any atom is 0.224 e. The van der Waals surface area contributed by atoms with Gasteiger partial charge in [-0.1, -0.05) is 70.3 Å². The zero-order chi connectivity index (χ0) is 20.2. The first-order valence-corrected chi connectivity index (χ1v) is 10.0. The quantitative estimate of drug-likeness (QED) is 0.533. The second kappa shape index (κ2) is 8.83. The Balaban J connectivity index is 2.50. The molecular formula is C22H32ClN3O. The highest BCUT2D eigenvalue weighted by molar-refractivity contribution is 6.29. The number of benzene rings is 1. The highest BCUT2D eigenvalue weighted by Crippen LogP contribution is 2.36. The highest BCUT2D eigenvalue weighted by atomic mass is 35.5. The van der Waals surface area contributed by atoms with Gasteiger partial charge >= 0.3 is 0 Å². The van der Waals surface area contributed by atoms with Gasteiger partial charge in [-0.25, -0.2) is 0 Å². The van der Waals surface area contributed by atoms with Gasteiger partial charge in [0.1, 0.15) is 5.16 Å². The number of rotatable bonds is 0. The summed E-state index contributed by atoms with van der Waals surface area (Å²) in [5, 5.41) is 3.31. The molecule has 1 amide bonds. The molecule has 0 saturated carbocycles. The fourth-order valence-corrected chi connectivity index (χ4v) is 3.84. The van der Waals surface area contributed by atoms with Gasteiger partial charge in [0.05, 0.1) is 5.69 Å². The molecule has 2 atom stereocenters. The molecule has 0 spiro atoms. The van der Waals surface area contributed by atoms with Gasteiger partial charge in [-0.2, -0.15) is 0 Å². The van der Waals surface area contributed by atoms with Gasteiger partial charge in [0.15, 0.2) is 0 Å². The Morgan fingerprint density at radius 3 is 2.56 bits per heavy atom. The standard InChI is InChI=1S/C22H32ClN3O/c1-14-8-7-9-15(2)22(3,4)13-20(27)26-19-11-6-5-10-16(19)18(24)12-17(14)21(23)25/h5-6,10-12,14-15H,7-9,13,24-25H2,1-4H3,(H,26,27)/b18-12-,21-17+/t14-,15?/m0/s1. The third-order valence-electron chi connectivity index (χ3n) is 5.85. The van der Waals surface area contributed by atoms with Crippen LogP contribution in [-0.4, -0.2) is 5.91 Å². The fourth-order valence-electron chi connectivity index (χ4n) is 3.59. The Hall–Kier alpha value is -1.94. The number of para-hydroxylation sites is 1. The second-order valence-electron chi connectivity index (χ2n) is 8.40. The Labute approximate surface area is 168 Å². The molecule has 148 valence electrons. The number of hydrogen-bond donors (Lipinski definition) is 3. The van der Waals surface area contributed by atoms with E-state index >= 15 is 0 Å². The minimum Gasteiger partial charge on any atom is -0.398 e. The Kier molecular flexibility index (Phi) is 6.99. The van der Waals surface area contributed by atoms with Gasteiger partial charge in [0.2, 0.25) is 5.91 Å². The molecular weight excluding hydrogens is 358 g/mol. The van der Waals surface area contributed by atoms with Crippen molar-refractivity contribution in [3.63, 3.8) is 0 Å². The number of fused-ring (bicyclic) bond motifs is 1. The molecule has 0 aromatic heterocycles. The topological polar surface area (TPSA) is 81.1 Å². The molecule has 1 aromatic carbocycles. The largest absolute Gasteiger partial charge is 0.398 e. The van der Waals surface area contributed by atoms with E-state index in [1.165, 1.54) is 0 Å². The summed E-state index contributed by atoms with van der Waals surface area (Å²) in [5.74, 6) is 0.640. The van der Waals surface area contributed by atoms with Crippen molar-refractivity contribution in [2.75, 3.05) is 5.32 Å². The number of carbonyl (C=O) groups is 1. The van der Waals surface area contributed by atoms with Crippen LogP contribution in [0.15, 0.2) is 41.1 Å². The lowest BCUT2D eigenvalue weighted by Gasteiger charge is -2.32. The van der Waals surface area contributed by atoms with Crippen LogP contribution < -0.4 is 16.8 Å². The number of allylic oxidation sites excluding steroid dienone is 2. The van der Waals surface area contributed by atoms with Crippen molar-refractivity contribution in [3.8, 4) is 0 Å². The lowest BCUT2D eigenvalue weighted by molar-refractivity contribution is -0.118. The number of amides is 1. The van der Waals surface area contributed by atoms with E-state index in [1.807, 2.05) is 30.3 Å². The molecule has 0 radical (unpaired) electrons. The Morgan fingerprint density at radius 1 is 1.22 bits per heavy atom. The van der Waals surface area contributed by atoms with Crippen LogP contribution in [0.1, 0.15) is 58.9 Å². The van der Waals surface area contributed by atoms with E-state index in [0.717, 1.165) is 30.4 Å². The number of nitrogens with two attached hydrogens (primary N) is 2. The van der Waals surface area contributed by atoms with Crippen LogP contribution >= 0.6 is 11.6 Å². The molecule has 0 aliphatic carbocycles. The highest BCUT2D eigenvalue weighted by Gasteiger charge is 2.29. The SMILES string of the molecule is CC1CCC[C@H](C)C(=C(/N)Cl)/C=C(\N)c2ccccc2NC(=O)CC1(C)C. The zero-order valence-corrected chi connectivity index (χ0v) is 17.6.